The molecule has 9 nitrogen and oxygen atoms in total. The molecular weight excluding hydrogens is 410 g/mol. The summed E-state index contributed by atoms with van der Waals surface area (Å²) in [7, 11) is 3.22. The van der Waals surface area contributed by atoms with Crippen LogP contribution in [-0.2, 0) is 4.79 Å². The van der Waals surface area contributed by atoms with Gasteiger partial charge in [-0.1, -0.05) is 0 Å². The first-order chi connectivity index (χ1) is 15.6. The van der Waals surface area contributed by atoms with Gasteiger partial charge in [0.15, 0.2) is 18.1 Å². The van der Waals surface area contributed by atoms with E-state index in [4.69, 9.17) is 14.2 Å². The zero-order valence-corrected chi connectivity index (χ0v) is 18.0. The summed E-state index contributed by atoms with van der Waals surface area (Å²) in [5, 5.41) is 7.27. The number of hydrogen-bond acceptors (Lipinski definition) is 7. The normalized spacial score (nSPS) is 11.7. The molecule has 0 fully saturated rings. The largest absolute Gasteiger partial charge is 0.497 e. The number of benzene rings is 2. The van der Waals surface area contributed by atoms with E-state index in [2.05, 4.69) is 20.4 Å². The highest BCUT2D eigenvalue weighted by molar-refractivity contribution is 5.77. The number of amides is 1. The maximum atomic E-state index is 12.3. The van der Waals surface area contributed by atoms with Gasteiger partial charge in [0, 0.05) is 11.6 Å². The Balaban J connectivity index is 1.40. The van der Waals surface area contributed by atoms with Crippen LogP contribution in [0.3, 0.4) is 0 Å². The molecule has 0 aliphatic carbocycles. The van der Waals surface area contributed by atoms with Crippen LogP contribution >= 0.6 is 0 Å². The second-order valence-corrected chi connectivity index (χ2v) is 7.03. The molecule has 164 valence electrons. The van der Waals surface area contributed by atoms with Crippen LogP contribution in [0.2, 0.25) is 0 Å². The van der Waals surface area contributed by atoms with Crippen LogP contribution < -0.4 is 19.5 Å². The molecule has 0 saturated carbocycles. The van der Waals surface area contributed by atoms with Gasteiger partial charge in [-0.3, -0.25) is 4.79 Å². The second kappa shape index (κ2) is 9.34. The second-order valence-electron chi connectivity index (χ2n) is 7.03. The fraction of sp³-hybridized carbons (Fsp3) is 0.217. The molecule has 0 aliphatic rings. The molecule has 2 aromatic heterocycles. The summed E-state index contributed by atoms with van der Waals surface area (Å²) in [4.78, 5) is 21.3. The van der Waals surface area contributed by atoms with Gasteiger partial charge in [0.05, 0.1) is 26.0 Å². The predicted molar refractivity (Wildman–Crippen MR) is 118 cm³/mol. The van der Waals surface area contributed by atoms with Gasteiger partial charge in [-0.05, 0) is 55.5 Å². The monoisotopic (exact) mass is 433 g/mol. The Labute approximate surface area is 185 Å². The molecular formula is C23H23N5O4. The van der Waals surface area contributed by atoms with Crippen molar-refractivity contribution in [3.63, 3.8) is 0 Å². The minimum atomic E-state index is -0.397. The zero-order chi connectivity index (χ0) is 22.5. The van der Waals surface area contributed by atoms with Crippen molar-refractivity contribution in [1.29, 1.82) is 0 Å². The van der Waals surface area contributed by atoms with E-state index in [1.54, 1.807) is 49.3 Å². The van der Waals surface area contributed by atoms with Gasteiger partial charge in [-0.2, -0.15) is 0 Å². The number of carbonyl (C=O) groups is 1. The van der Waals surface area contributed by atoms with Crippen LogP contribution in [0.4, 0.5) is 0 Å². The fourth-order valence-electron chi connectivity index (χ4n) is 3.08. The summed E-state index contributed by atoms with van der Waals surface area (Å²) >= 11 is 0. The smallest absolute Gasteiger partial charge is 0.258 e. The molecule has 0 bridgehead atoms. The van der Waals surface area contributed by atoms with Gasteiger partial charge < -0.3 is 19.5 Å². The van der Waals surface area contributed by atoms with Crippen LogP contribution in [0.25, 0.3) is 16.9 Å². The third-order valence-electron chi connectivity index (χ3n) is 4.83. The third-order valence-corrected chi connectivity index (χ3v) is 4.83. The molecule has 1 atom stereocenters. The van der Waals surface area contributed by atoms with Crippen LogP contribution in [0.1, 0.15) is 18.8 Å². The lowest BCUT2D eigenvalue weighted by atomic mass is 10.1. The molecule has 4 rings (SSSR count). The number of methoxy groups -OCH3 is 2. The van der Waals surface area contributed by atoms with Crippen LogP contribution in [0.5, 0.6) is 17.2 Å². The molecule has 1 N–H and O–H groups in total. The average Bonchev–Trinajstić information content (AvgIpc) is 3.27. The van der Waals surface area contributed by atoms with Gasteiger partial charge in [0.25, 0.3) is 5.91 Å². The van der Waals surface area contributed by atoms with E-state index in [0.29, 0.717) is 17.2 Å². The first-order valence-corrected chi connectivity index (χ1v) is 9.98. The van der Waals surface area contributed by atoms with Crippen molar-refractivity contribution in [3.8, 4) is 28.5 Å². The molecule has 4 aromatic rings. The van der Waals surface area contributed by atoms with Crippen molar-refractivity contribution < 1.29 is 19.0 Å². The third kappa shape index (κ3) is 4.77. The molecule has 9 heteroatoms. The van der Waals surface area contributed by atoms with Crippen LogP contribution in [0, 0.1) is 0 Å². The molecule has 0 unspecified atom stereocenters. The summed E-state index contributed by atoms with van der Waals surface area (Å²) in [6.45, 7) is 1.70. The first-order valence-electron chi connectivity index (χ1n) is 9.98. The number of hydrogen-bond donors (Lipinski definition) is 1. The van der Waals surface area contributed by atoms with Crippen molar-refractivity contribution in [2.45, 2.75) is 13.0 Å². The van der Waals surface area contributed by atoms with Gasteiger partial charge in [0.2, 0.25) is 0 Å². The maximum Gasteiger partial charge on any atom is 0.258 e. The Kier molecular flexibility index (Phi) is 6.16. The van der Waals surface area contributed by atoms with E-state index >= 15 is 0 Å². The predicted octanol–water partition coefficient (Wildman–Crippen LogP) is 3.06. The Morgan fingerprint density at radius 1 is 1.00 bits per heavy atom. The Morgan fingerprint density at radius 3 is 2.28 bits per heavy atom. The van der Waals surface area contributed by atoms with Crippen LogP contribution in [-0.4, -0.2) is 46.3 Å². The molecule has 0 aliphatic heterocycles. The minimum absolute atomic E-state index is 0.118. The Bertz CT molecular complexity index is 1210. The van der Waals surface area contributed by atoms with E-state index in [9.17, 15) is 4.79 Å². The standard InChI is InChI=1S/C23H23N5O4/c1-15(25-22(29)13-32-19-10-8-18(31-3)9-11-19)23-26-21-12-20(24-14-28(21)27-23)16-4-6-17(30-2)7-5-16/h4-12,14-15H,13H2,1-3H3,(H,25,29)/t15-/m0/s1. The lowest BCUT2D eigenvalue weighted by molar-refractivity contribution is -0.123. The lowest BCUT2D eigenvalue weighted by Crippen LogP contribution is -2.31. The number of nitrogens with zero attached hydrogens (tertiary/aromatic N) is 4. The van der Waals surface area contributed by atoms with E-state index in [-0.39, 0.29) is 12.5 Å². The van der Waals surface area contributed by atoms with Crippen molar-refractivity contribution in [2.75, 3.05) is 20.8 Å². The van der Waals surface area contributed by atoms with Crippen molar-refractivity contribution in [3.05, 3.63) is 66.7 Å². The highest BCUT2D eigenvalue weighted by Gasteiger charge is 2.16. The van der Waals surface area contributed by atoms with E-state index in [1.807, 2.05) is 37.3 Å². The summed E-state index contributed by atoms with van der Waals surface area (Å²) in [5.41, 5.74) is 2.34. The summed E-state index contributed by atoms with van der Waals surface area (Å²) in [6, 6.07) is 16.1. The highest BCUT2D eigenvalue weighted by Crippen LogP contribution is 2.22. The molecule has 1 amide bonds. The van der Waals surface area contributed by atoms with Crippen LogP contribution in [0.15, 0.2) is 60.9 Å². The van der Waals surface area contributed by atoms with Gasteiger partial charge in [-0.25, -0.2) is 14.5 Å². The number of ether oxygens (including phenoxy) is 3. The van der Waals surface area contributed by atoms with Gasteiger partial charge in [0.1, 0.15) is 23.6 Å². The van der Waals surface area contributed by atoms with Crippen molar-refractivity contribution in [1.82, 2.24) is 24.9 Å². The SMILES string of the molecule is COc1ccc(OCC(=O)N[C@@H](C)c2nc3cc(-c4ccc(OC)cc4)ncn3n2)cc1. The van der Waals surface area contributed by atoms with Crippen molar-refractivity contribution in [2.24, 2.45) is 0 Å². The average molecular weight is 433 g/mol. The molecule has 0 radical (unpaired) electrons. The quantitative estimate of drug-likeness (QED) is 0.456. The van der Waals surface area contributed by atoms with Gasteiger partial charge in [-0.15, -0.1) is 5.10 Å². The maximum absolute atomic E-state index is 12.3. The number of carbonyl (C=O) groups excluding carboxylic acids is 1. The first kappa shape index (κ1) is 21.1. The van der Waals surface area contributed by atoms with E-state index in [1.165, 1.54) is 0 Å². The lowest BCUT2D eigenvalue weighted by Gasteiger charge is -2.11. The minimum Gasteiger partial charge on any atom is -0.497 e. The van der Waals surface area contributed by atoms with Gasteiger partial charge >= 0.3 is 0 Å². The van der Waals surface area contributed by atoms with Crippen molar-refractivity contribution >= 4 is 11.6 Å². The molecule has 0 saturated heterocycles. The fourth-order valence-corrected chi connectivity index (χ4v) is 3.08. The van der Waals surface area contributed by atoms with E-state index < -0.39 is 6.04 Å². The number of rotatable bonds is 8. The summed E-state index contributed by atoms with van der Waals surface area (Å²) in [5.74, 6) is 2.29. The summed E-state index contributed by atoms with van der Waals surface area (Å²) in [6.07, 6.45) is 1.60. The molecule has 0 spiro atoms. The highest BCUT2D eigenvalue weighted by atomic mass is 16.5. The molecule has 2 aromatic carbocycles. The Hall–Kier alpha value is -4.14. The van der Waals surface area contributed by atoms with E-state index in [0.717, 1.165) is 22.8 Å². The molecule has 32 heavy (non-hydrogen) atoms. The summed E-state index contributed by atoms with van der Waals surface area (Å²) < 4.78 is 17.4. The number of fused-ring (bicyclic) bond motifs is 1. The Morgan fingerprint density at radius 2 is 1.62 bits per heavy atom. The zero-order valence-electron chi connectivity index (χ0n) is 18.0. The number of nitrogens with one attached hydrogen (secondary N) is 1. The number of aromatic nitrogens is 4. The topological polar surface area (TPSA) is 99.9 Å². The molecule has 2 heterocycles.